The van der Waals surface area contributed by atoms with Gasteiger partial charge in [-0.1, -0.05) is 0 Å². The molecular formula is C15H17N3O5. The van der Waals surface area contributed by atoms with Crippen LogP contribution in [0.2, 0.25) is 0 Å². The first-order chi connectivity index (χ1) is 11.1. The van der Waals surface area contributed by atoms with E-state index in [2.05, 4.69) is 9.97 Å². The maximum Gasteiger partial charge on any atom is 0.326 e. The van der Waals surface area contributed by atoms with E-state index >= 15 is 0 Å². The quantitative estimate of drug-likeness (QED) is 0.736. The average molecular weight is 319 g/mol. The van der Waals surface area contributed by atoms with Crippen molar-refractivity contribution in [2.24, 2.45) is 11.8 Å². The molecule has 2 amide bonds. The summed E-state index contributed by atoms with van der Waals surface area (Å²) in [5.41, 5.74) is 0.777. The predicted molar refractivity (Wildman–Crippen MR) is 75.1 cm³/mol. The van der Waals surface area contributed by atoms with Gasteiger partial charge in [-0.3, -0.25) is 14.5 Å². The number of hydrogen-bond donors (Lipinski definition) is 2. The van der Waals surface area contributed by atoms with Crippen molar-refractivity contribution in [3.05, 3.63) is 18.2 Å². The molecule has 3 aliphatic heterocycles. The molecule has 4 heterocycles. The molecule has 3 fully saturated rings. The van der Waals surface area contributed by atoms with Gasteiger partial charge in [0.15, 0.2) is 0 Å². The number of amides is 2. The number of aliphatic carboxylic acids is 1. The van der Waals surface area contributed by atoms with E-state index in [4.69, 9.17) is 4.74 Å². The molecular weight excluding hydrogens is 302 g/mol. The molecule has 2 bridgehead atoms. The van der Waals surface area contributed by atoms with Gasteiger partial charge < -0.3 is 14.8 Å². The number of carbonyl (C=O) groups excluding carboxylic acids is 2. The molecule has 122 valence electrons. The lowest BCUT2D eigenvalue weighted by molar-refractivity contribution is -0.156. The fraction of sp³-hybridized carbons (Fsp3) is 0.600. The van der Waals surface area contributed by atoms with Crippen LogP contribution >= 0.6 is 0 Å². The third kappa shape index (κ3) is 2.08. The van der Waals surface area contributed by atoms with E-state index in [0.29, 0.717) is 6.42 Å². The second-order valence-corrected chi connectivity index (χ2v) is 6.36. The van der Waals surface area contributed by atoms with Crippen molar-refractivity contribution in [3.8, 4) is 0 Å². The van der Waals surface area contributed by atoms with Crippen molar-refractivity contribution in [1.29, 1.82) is 0 Å². The van der Waals surface area contributed by atoms with Crippen LogP contribution in [0.15, 0.2) is 12.5 Å². The maximum absolute atomic E-state index is 12.6. The summed E-state index contributed by atoms with van der Waals surface area (Å²) in [6, 6.07) is -1.14. The van der Waals surface area contributed by atoms with Gasteiger partial charge in [-0.15, -0.1) is 0 Å². The third-order valence-corrected chi connectivity index (χ3v) is 5.16. The number of nitrogens with zero attached hydrogens (tertiary/aromatic N) is 2. The van der Waals surface area contributed by atoms with Crippen LogP contribution < -0.4 is 0 Å². The van der Waals surface area contributed by atoms with E-state index < -0.39 is 23.8 Å². The number of nitrogens with one attached hydrogen (secondary N) is 1. The Morgan fingerprint density at radius 3 is 2.52 bits per heavy atom. The van der Waals surface area contributed by atoms with Crippen LogP contribution in [0.4, 0.5) is 0 Å². The summed E-state index contributed by atoms with van der Waals surface area (Å²) in [4.78, 5) is 44.7. The number of aromatic amines is 1. The topological polar surface area (TPSA) is 113 Å². The number of H-pyrrole nitrogens is 1. The zero-order valence-electron chi connectivity index (χ0n) is 12.3. The number of aromatic nitrogens is 2. The summed E-state index contributed by atoms with van der Waals surface area (Å²) < 4.78 is 5.66. The van der Waals surface area contributed by atoms with E-state index in [0.717, 1.165) is 23.4 Å². The highest BCUT2D eigenvalue weighted by Crippen LogP contribution is 2.49. The molecule has 0 radical (unpaired) electrons. The highest BCUT2D eigenvalue weighted by molar-refractivity contribution is 6.08. The first-order valence-electron chi connectivity index (χ1n) is 7.80. The number of ether oxygens (including phenoxy) is 1. The maximum atomic E-state index is 12.6. The van der Waals surface area contributed by atoms with Crippen molar-refractivity contribution in [2.45, 2.75) is 43.9 Å². The average Bonchev–Trinajstić information content (AvgIpc) is 3.27. The Morgan fingerprint density at radius 2 is 2.00 bits per heavy atom. The van der Waals surface area contributed by atoms with Crippen LogP contribution in [0.5, 0.6) is 0 Å². The second-order valence-electron chi connectivity index (χ2n) is 6.36. The number of rotatable bonds is 5. The summed E-state index contributed by atoms with van der Waals surface area (Å²) >= 11 is 0. The second kappa shape index (κ2) is 5.16. The Kier molecular flexibility index (Phi) is 3.22. The minimum absolute atomic E-state index is 0.171. The summed E-state index contributed by atoms with van der Waals surface area (Å²) in [5.74, 6) is -2.90. The monoisotopic (exact) mass is 319 g/mol. The van der Waals surface area contributed by atoms with Crippen molar-refractivity contribution >= 4 is 17.8 Å². The Bertz CT molecular complexity index is 630. The fourth-order valence-electron chi connectivity index (χ4n) is 4.12. The number of carbonyl (C=O) groups is 3. The number of imidazole rings is 1. The number of likely N-dealkylation sites (tertiary alicyclic amines) is 1. The Morgan fingerprint density at radius 1 is 1.35 bits per heavy atom. The molecule has 0 saturated carbocycles. The van der Waals surface area contributed by atoms with Crippen LogP contribution in [0.3, 0.4) is 0 Å². The molecule has 2 N–H and O–H groups in total. The van der Waals surface area contributed by atoms with Gasteiger partial charge in [0.05, 0.1) is 30.4 Å². The summed E-state index contributed by atoms with van der Waals surface area (Å²) in [7, 11) is 0. The lowest BCUT2D eigenvalue weighted by Crippen LogP contribution is -2.47. The van der Waals surface area contributed by atoms with Crippen molar-refractivity contribution in [1.82, 2.24) is 14.9 Å². The van der Waals surface area contributed by atoms with E-state index in [1.807, 2.05) is 0 Å². The summed E-state index contributed by atoms with van der Waals surface area (Å²) in [5, 5.41) is 9.51. The van der Waals surface area contributed by atoms with E-state index in [9.17, 15) is 19.5 Å². The molecule has 0 aliphatic carbocycles. The predicted octanol–water partition coefficient (Wildman–Crippen LogP) is -0.0421. The van der Waals surface area contributed by atoms with Gasteiger partial charge in [0.2, 0.25) is 11.8 Å². The molecule has 3 saturated heterocycles. The molecule has 1 aromatic heterocycles. The molecule has 1 aromatic rings. The largest absolute Gasteiger partial charge is 0.480 e. The molecule has 8 nitrogen and oxygen atoms in total. The molecule has 3 unspecified atom stereocenters. The van der Waals surface area contributed by atoms with Crippen molar-refractivity contribution in [2.75, 3.05) is 0 Å². The SMILES string of the molecule is O=C(O)C(CCc1cnc[nH]1)N1C(=O)C2C(C1=O)[C@H]1CC[C@@H]2O1. The van der Waals surface area contributed by atoms with E-state index in [1.54, 1.807) is 6.20 Å². The number of carboxylic acid groups (broad SMARTS) is 1. The smallest absolute Gasteiger partial charge is 0.326 e. The van der Waals surface area contributed by atoms with Crippen LogP contribution in [0.25, 0.3) is 0 Å². The number of aryl methyl sites for hydroxylation is 1. The van der Waals surface area contributed by atoms with Gasteiger partial charge in [0, 0.05) is 11.9 Å². The lowest BCUT2D eigenvalue weighted by Gasteiger charge is -2.24. The zero-order valence-corrected chi connectivity index (χ0v) is 12.3. The molecule has 5 atom stereocenters. The zero-order chi connectivity index (χ0) is 16.1. The minimum atomic E-state index is -1.15. The highest BCUT2D eigenvalue weighted by Gasteiger charge is 2.63. The first-order valence-corrected chi connectivity index (χ1v) is 7.80. The highest BCUT2D eigenvalue weighted by atomic mass is 16.5. The lowest BCUT2D eigenvalue weighted by atomic mass is 9.81. The number of fused-ring (bicyclic) bond motifs is 5. The Balaban J connectivity index is 1.56. The molecule has 23 heavy (non-hydrogen) atoms. The normalized spacial score (nSPS) is 33.3. The molecule has 4 rings (SSSR count). The van der Waals surface area contributed by atoms with Gasteiger partial charge in [-0.25, -0.2) is 9.78 Å². The number of hydrogen-bond acceptors (Lipinski definition) is 5. The van der Waals surface area contributed by atoms with Crippen LogP contribution in [0.1, 0.15) is 25.0 Å². The van der Waals surface area contributed by atoms with Crippen molar-refractivity contribution < 1.29 is 24.2 Å². The van der Waals surface area contributed by atoms with Gasteiger partial charge in [-0.2, -0.15) is 0 Å². The minimum Gasteiger partial charge on any atom is -0.480 e. The van der Waals surface area contributed by atoms with E-state index in [-0.39, 0.29) is 30.4 Å². The van der Waals surface area contributed by atoms with Gasteiger partial charge in [0.1, 0.15) is 6.04 Å². The Hall–Kier alpha value is -2.22. The Labute approximate surface area is 131 Å². The molecule has 0 aromatic carbocycles. The van der Waals surface area contributed by atoms with Gasteiger partial charge in [-0.05, 0) is 25.7 Å². The molecule has 8 heteroatoms. The van der Waals surface area contributed by atoms with Crippen LogP contribution in [0, 0.1) is 11.8 Å². The van der Waals surface area contributed by atoms with Crippen LogP contribution in [-0.4, -0.2) is 56.0 Å². The first kappa shape index (κ1) is 14.4. The fourth-order valence-corrected chi connectivity index (χ4v) is 4.12. The summed E-state index contributed by atoms with van der Waals surface area (Å²) in [6.45, 7) is 0. The number of imide groups is 1. The molecule has 0 spiro atoms. The van der Waals surface area contributed by atoms with Gasteiger partial charge >= 0.3 is 5.97 Å². The van der Waals surface area contributed by atoms with Crippen molar-refractivity contribution in [3.63, 3.8) is 0 Å². The molecule has 3 aliphatic rings. The van der Waals surface area contributed by atoms with Gasteiger partial charge in [0.25, 0.3) is 0 Å². The van der Waals surface area contributed by atoms with Crippen LogP contribution in [-0.2, 0) is 25.5 Å². The summed E-state index contributed by atoms with van der Waals surface area (Å²) in [6.07, 6.45) is 4.78. The third-order valence-electron chi connectivity index (χ3n) is 5.16. The van der Waals surface area contributed by atoms with E-state index in [1.165, 1.54) is 6.33 Å². The standard InChI is InChI=1S/C15H17N3O5/c19-13-11-9-3-4-10(23-9)12(11)14(20)18(13)8(15(21)22)2-1-7-5-16-6-17-7/h5-6,8-12H,1-4H2,(H,16,17)(H,21,22)/t8?,9-,10+,11?,12?. The number of carboxylic acids is 1.